The molecule has 2 aromatic carbocycles. The molecule has 1 heterocycles. The number of hydrogen-bond donors (Lipinski definition) is 2. The SMILES string of the molecule is COCC1(C(=O)O)CCN(C(=O)CNC(=O)OCC2c3ccccc3-c3ccccc32)C1. The van der Waals surface area contributed by atoms with Gasteiger partial charge < -0.3 is 24.8 Å². The largest absolute Gasteiger partial charge is 0.481 e. The van der Waals surface area contributed by atoms with Crippen molar-refractivity contribution in [2.45, 2.75) is 12.3 Å². The molecule has 168 valence electrons. The molecule has 1 unspecified atom stereocenters. The number of fused-ring (bicyclic) bond motifs is 3. The first-order valence-electron chi connectivity index (χ1n) is 10.5. The fourth-order valence-corrected chi connectivity index (χ4v) is 4.62. The summed E-state index contributed by atoms with van der Waals surface area (Å²) < 4.78 is 10.5. The van der Waals surface area contributed by atoms with Crippen molar-refractivity contribution in [3.63, 3.8) is 0 Å². The van der Waals surface area contributed by atoms with E-state index in [1.807, 2.05) is 36.4 Å². The van der Waals surface area contributed by atoms with E-state index >= 15 is 0 Å². The molecule has 8 heteroatoms. The molecule has 0 radical (unpaired) electrons. The molecule has 4 rings (SSSR count). The average Bonchev–Trinajstić information content (AvgIpc) is 3.37. The Labute approximate surface area is 186 Å². The number of benzene rings is 2. The molecule has 0 saturated carbocycles. The first-order chi connectivity index (χ1) is 15.4. The first-order valence-corrected chi connectivity index (χ1v) is 10.5. The second kappa shape index (κ2) is 9.00. The number of carboxylic acids is 1. The predicted octanol–water partition coefficient (Wildman–Crippen LogP) is 2.47. The Balaban J connectivity index is 1.31. The van der Waals surface area contributed by atoms with Crippen molar-refractivity contribution < 1.29 is 29.0 Å². The summed E-state index contributed by atoms with van der Waals surface area (Å²) in [6.07, 6.45) is -0.367. The number of alkyl carbamates (subject to hydrolysis) is 1. The maximum atomic E-state index is 12.5. The van der Waals surface area contributed by atoms with Crippen LogP contribution in [0.4, 0.5) is 4.79 Å². The molecule has 1 aliphatic heterocycles. The lowest BCUT2D eigenvalue weighted by molar-refractivity contribution is -0.151. The zero-order valence-electron chi connectivity index (χ0n) is 17.9. The van der Waals surface area contributed by atoms with E-state index in [-0.39, 0.29) is 38.1 Å². The Morgan fingerprint density at radius 1 is 1.09 bits per heavy atom. The normalized spacial score (nSPS) is 19.3. The topological polar surface area (TPSA) is 105 Å². The zero-order chi connectivity index (χ0) is 22.7. The molecular weight excluding hydrogens is 412 g/mol. The summed E-state index contributed by atoms with van der Waals surface area (Å²) in [4.78, 5) is 37.8. The molecule has 2 amide bonds. The van der Waals surface area contributed by atoms with Gasteiger partial charge in [0.2, 0.25) is 5.91 Å². The van der Waals surface area contributed by atoms with Crippen molar-refractivity contribution in [1.29, 1.82) is 0 Å². The van der Waals surface area contributed by atoms with E-state index in [1.165, 1.54) is 12.0 Å². The lowest BCUT2D eigenvalue weighted by atomic mass is 9.88. The van der Waals surface area contributed by atoms with E-state index in [4.69, 9.17) is 9.47 Å². The van der Waals surface area contributed by atoms with E-state index in [0.29, 0.717) is 13.0 Å². The Morgan fingerprint density at radius 3 is 2.31 bits per heavy atom. The molecular formula is C24H26N2O6. The van der Waals surface area contributed by atoms with Gasteiger partial charge >= 0.3 is 12.1 Å². The van der Waals surface area contributed by atoms with Crippen LogP contribution in [0.3, 0.4) is 0 Å². The van der Waals surface area contributed by atoms with Gasteiger partial charge in [-0.3, -0.25) is 9.59 Å². The van der Waals surface area contributed by atoms with Crippen LogP contribution in [0.5, 0.6) is 0 Å². The van der Waals surface area contributed by atoms with Gasteiger partial charge in [0, 0.05) is 26.1 Å². The number of amides is 2. The minimum atomic E-state index is -1.10. The molecule has 1 saturated heterocycles. The van der Waals surface area contributed by atoms with Crippen LogP contribution in [0, 0.1) is 5.41 Å². The number of nitrogens with zero attached hydrogens (tertiary/aromatic N) is 1. The van der Waals surface area contributed by atoms with Gasteiger partial charge in [0.1, 0.15) is 18.6 Å². The van der Waals surface area contributed by atoms with Gasteiger partial charge in [0.25, 0.3) is 0 Å². The summed E-state index contributed by atoms with van der Waals surface area (Å²) in [6.45, 7) is 0.307. The molecule has 2 aliphatic rings. The monoisotopic (exact) mass is 438 g/mol. The van der Waals surface area contributed by atoms with Gasteiger partial charge in [-0.2, -0.15) is 0 Å². The number of likely N-dealkylation sites (tertiary alicyclic amines) is 1. The average molecular weight is 438 g/mol. The van der Waals surface area contributed by atoms with E-state index in [1.54, 1.807) is 0 Å². The van der Waals surface area contributed by atoms with Crippen molar-refractivity contribution in [2.75, 3.05) is 40.0 Å². The quantitative estimate of drug-likeness (QED) is 0.688. The van der Waals surface area contributed by atoms with Crippen molar-refractivity contribution in [3.05, 3.63) is 59.7 Å². The number of rotatable bonds is 7. The Morgan fingerprint density at radius 2 is 1.72 bits per heavy atom. The number of carbonyl (C=O) groups is 3. The van der Waals surface area contributed by atoms with Gasteiger partial charge in [-0.1, -0.05) is 48.5 Å². The fraction of sp³-hybridized carbons (Fsp3) is 0.375. The van der Waals surface area contributed by atoms with Crippen LogP contribution in [0.1, 0.15) is 23.5 Å². The second-order valence-corrected chi connectivity index (χ2v) is 8.26. The predicted molar refractivity (Wildman–Crippen MR) is 116 cm³/mol. The maximum absolute atomic E-state index is 12.5. The number of aliphatic carboxylic acids is 1. The van der Waals surface area contributed by atoms with Crippen LogP contribution in [0.15, 0.2) is 48.5 Å². The van der Waals surface area contributed by atoms with Crippen LogP contribution in [0.25, 0.3) is 11.1 Å². The second-order valence-electron chi connectivity index (χ2n) is 8.26. The Bertz CT molecular complexity index is 993. The third-order valence-corrected chi connectivity index (χ3v) is 6.31. The highest BCUT2D eigenvalue weighted by Gasteiger charge is 2.46. The van der Waals surface area contributed by atoms with Crippen LogP contribution in [0.2, 0.25) is 0 Å². The molecule has 0 bridgehead atoms. The third-order valence-electron chi connectivity index (χ3n) is 6.31. The minimum absolute atomic E-state index is 0.0337. The standard InChI is InChI=1S/C24H26N2O6/c1-31-15-24(22(28)29)10-11-26(14-24)21(27)12-25-23(30)32-13-20-18-8-4-2-6-16(18)17-7-3-5-9-19(17)20/h2-9,20H,10-15H2,1H3,(H,25,30)(H,28,29). The van der Waals surface area contributed by atoms with Gasteiger partial charge in [-0.05, 0) is 28.7 Å². The molecule has 2 N–H and O–H groups in total. The number of carbonyl (C=O) groups excluding carboxylic acids is 2. The molecule has 1 fully saturated rings. The number of methoxy groups -OCH3 is 1. The highest BCUT2D eigenvalue weighted by atomic mass is 16.5. The van der Waals surface area contributed by atoms with Crippen molar-refractivity contribution >= 4 is 18.0 Å². The van der Waals surface area contributed by atoms with Crippen LogP contribution >= 0.6 is 0 Å². The summed E-state index contributed by atoms with van der Waals surface area (Å²) in [6, 6.07) is 16.1. The molecule has 1 atom stereocenters. The maximum Gasteiger partial charge on any atom is 0.407 e. The molecule has 2 aromatic rings. The van der Waals surface area contributed by atoms with Gasteiger partial charge in [0.05, 0.1) is 6.61 Å². The minimum Gasteiger partial charge on any atom is -0.481 e. The molecule has 8 nitrogen and oxygen atoms in total. The van der Waals surface area contributed by atoms with Crippen LogP contribution in [-0.4, -0.2) is 67.9 Å². The van der Waals surface area contributed by atoms with E-state index < -0.39 is 17.5 Å². The third kappa shape index (κ3) is 4.05. The first kappa shape index (κ1) is 21.8. The van der Waals surface area contributed by atoms with Gasteiger partial charge in [-0.15, -0.1) is 0 Å². The van der Waals surface area contributed by atoms with Gasteiger partial charge in [0.15, 0.2) is 0 Å². The summed E-state index contributed by atoms with van der Waals surface area (Å²) in [5.41, 5.74) is 3.39. The van der Waals surface area contributed by atoms with Crippen molar-refractivity contribution in [2.24, 2.45) is 5.41 Å². The lowest BCUT2D eigenvalue weighted by Crippen LogP contribution is -2.43. The fourth-order valence-electron chi connectivity index (χ4n) is 4.62. The van der Waals surface area contributed by atoms with Crippen molar-refractivity contribution in [3.8, 4) is 11.1 Å². The van der Waals surface area contributed by atoms with Crippen molar-refractivity contribution in [1.82, 2.24) is 10.2 Å². The molecule has 1 aliphatic carbocycles. The number of carboxylic acid groups (broad SMARTS) is 1. The number of nitrogens with one attached hydrogen (secondary N) is 1. The van der Waals surface area contributed by atoms with E-state index in [9.17, 15) is 19.5 Å². The highest BCUT2D eigenvalue weighted by Crippen LogP contribution is 2.44. The summed E-state index contributed by atoms with van der Waals surface area (Å²) in [5.74, 6) is -1.40. The Hall–Kier alpha value is -3.39. The Kier molecular flexibility index (Phi) is 6.14. The highest BCUT2D eigenvalue weighted by molar-refractivity contribution is 5.84. The van der Waals surface area contributed by atoms with E-state index in [2.05, 4.69) is 17.4 Å². The van der Waals surface area contributed by atoms with Crippen LogP contribution in [-0.2, 0) is 19.1 Å². The summed E-state index contributed by atoms with van der Waals surface area (Å²) >= 11 is 0. The van der Waals surface area contributed by atoms with Gasteiger partial charge in [-0.25, -0.2) is 4.79 Å². The molecule has 0 spiro atoms. The van der Waals surface area contributed by atoms with E-state index in [0.717, 1.165) is 22.3 Å². The van der Waals surface area contributed by atoms with Crippen LogP contribution < -0.4 is 5.32 Å². The number of hydrogen-bond acceptors (Lipinski definition) is 5. The molecule has 0 aromatic heterocycles. The smallest absolute Gasteiger partial charge is 0.407 e. The lowest BCUT2D eigenvalue weighted by Gasteiger charge is -2.23. The summed E-state index contributed by atoms with van der Waals surface area (Å²) in [7, 11) is 1.44. The number of ether oxygens (including phenoxy) is 2. The summed E-state index contributed by atoms with van der Waals surface area (Å²) in [5, 5.41) is 12.0. The zero-order valence-corrected chi connectivity index (χ0v) is 17.9. The molecule has 32 heavy (non-hydrogen) atoms.